The number of rotatable bonds is 3. The highest BCUT2D eigenvalue weighted by Crippen LogP contribution is 2.26. The van der Waals surface area contributed by atoms with Gasteiger partial charge in [0.05, 0.1) is 6.61 Å². The smallest absolute Gasteiger partial charge is 0.163 e. The average Bonchev–Trinajstić information content (AvgIpc) is 2.33. The third-order valence-corrected chi connectivity index (χ3v) is 3.67. The van der Waals surface area contributed by atoms with Crippen molar-refractivity contribution in [2.75, 3.05) is 19.7 Å². The standard InChI is InChI=1S/C12H22N2O2/c13-10-3-1-9(2-4-10)7-11(15)12-8-14-5-6-16-12/h9-10,12,14H,1-8,13H2. The molecule has 2 fully saturated rings. The van der Waals surface area contributed by atoms with Gasteiger partial charge in [-0.1, -0.05) is 0 Å². The minimum atomic E-state index is -0.204. The van der Waals surface area contributed by atoms with Crippen LogP contribution in [0.25, 0.3) is 0 Å². The molecule has 1 unspecified atom stereocenters. The molecular formula is C12H22N2O2. The molecule has 3 N–H and O–H groups in total. The molecule has 16 heavy (non-hydrogen) atoms. The molecule has 1 aliphatic carbocycles. The number of morpholine rings is 1. The van der Waals surface area contributed by atoms with Crippen molar-refractivity contribution in [1.29, 1.82) is 0 Å². The second-order valence-corrected chi connectivity index (χ2v) is 5.01. The molecule has 0 bridgehead atoms. The van der Waals surface area contributed by atoms with E-state index < -0.39 is 0 Å². The zero-order valence-electron chi connectivity index (χ0n) is 9.78. The topological polar surface area (TPSA) is 64.4 Å². The maximum absolute atomic E-state index is 12.0. The Bertz CT molecular complexity index is 231. The van der Waals surface area contributed by atoms with E-state index in [2.05, 4.69) is 5.32 Å². The molecule has 92 valence electrons. The summed E-state index contributed by atoms with van der Waals surface area (Å²) in [6.45, 7) is 2.21. The van der Waals surface area contributed by atoms with Crippen LogP contribution in [-0.4, -0.2) is 37.6 Å². The first-order valence-corrected chi connectivity index (χ1v) is 6.36. The minimum absolute atomic E-state index is 0.204. The maximum atomic E-state index is 12.0. The Kier molecular flexibility index (Phi) is 4.32. The van der Waals surface area contributed by atoms with Gasteiger partial charge in [0.1, 0.15) is 6.10 Å². The van der Waals surface area contributed by atoms with Crippen LogP contribution in [0.1, 0.15) is 32.1 Å². The predicted octanol–water partition coefficient (Wildman–Crippen LogP) is 0.451. The molecule has 1 atom stereocenters. The molecule has 0 aromatic heterocycles. The zero-order valence-corrected chi connectivity index (χ0v) is 9.78. The van der Waals surface area contributed by atoms with Crippen LogP contribution in [0.15, 0.2) is 0 Å². The fourth-order valence-corrected chi connectivity index (χ4v) is 2.58. The lowest BCUT2D eigenvalue weighted by Crippen LogP contribution is -2.43. The molecule has 4 nitrogen and oxygen atoms in total. The van der Waals surface area contributed by atoms with Gasteiger partial charge in [0.25, 0.3) is 0 Å². The normalized spacial score (nSPS) is 35.9. The van der Waals surface area contributed by atoms with Crippen LogP contribution in [0, 0.1) is 5.92 Å². The van der Waals surface area contributed by atoms with E-state index in [1.807, 2.05) is 0 Å². The Labute approximate surface area is 96.9 Å². The van der Waals surface area contributed by atoms with Crippen molar-refractivity contribution in [3.05, 3.63) is 0 Å². The number of ketones is 1. The van der Waals surface area contributed by atoms with Crippen LogP contribution < -0.4 is 11.1 Å². The van der Waals surface area contributed by atoms with Crippen molar-refractivity contribution in [3.8, 4) is 0 Å². The fourth-order valence-electron chi connectivity index (χ4n) is 2.58. The summed E-state index contributed by atoms with van der Waals surface area (Å²) >= 11 is 0. The number of Topliss-reactive ketones (excluding diaryl/α,β-unsaturated/α-hetero) is 1. The summed E-state index contributed by atoms with van der Waals surface area (Å²) in [4.78, 5) is 12.0. The molecular weight excluding hydrogens is 204 g/mol. The number of hydrogen-bond donors (Lipinski definition) is 2. The lowest BCUT2D eigenvalue weighted by molar-refractivity contribution is -0.133. The largest absolute Gasteiger partial charge is 0.368 e. The molecule has 1 saturated heterocycles. The van der Waals surface area contributed by atoms with E-state index in [0.717, 1.165) is 32.2 Å². The Morgan fingerprint density at radius 1 is 1.31 bits per heavy atom. The van der Waals surface area contributed by atoms with Crippen molar-refractivity contribution >= 4 is 5.78 Å². The third-order valence-electron chi connectivity index (χ3n) is 3.67. The van der Waals surface area contributed by atoms with Gasteiger partial charge in [-0.3, -0.25) is 4.79 Å². The maximum Gasteiger partial charge on any atom is 0.163 e. The number of ether oxygens (including phenoxy) is 1. The summed E-state index contributed by atoms with van der Waals surface area (Å²) in [7, 11) is 0. The molecule has 0 radical (unpaired) electrons. The second-order valence-electron chi connectivity index (χ2n) is 5.01. The molecule has 0 spiro atoms. The van der Waals surface area contributed by atoms with Crippen LogP contribution >= 0.6 is 0 Å². The summed E-state index contributed by atoms with van der Waals surface area (Å²) in [6.07, 6.45) is 4.83. The molecule has 2 rings (SSSR count). The van der Waals surface area contributed by atoms with Gasteiger partial charge in [-0.05, 0) is 31.6 Å². The molecule has 0 amide bonds. The van der Waals surface area contributed by atoms with Crippen LogP contribution in [0.4, 0.5) is 0 Å². The number of carbonyl (C=O) groups is 1. The third kappa shape index (κ3) is 3.27. The summed E-state index contributed by atoms with van der Waals surface area (Å²) in [5, 5.41) is 3.19. The van der Waals surface area contributed by atoms with E-state index in [-0.39, 0.29) is 11.9 Å². The van der Waals surface area contributed by atoms with E-state index in [1.165, 1.54) is 0 Å². The summed E-state index contributed by atoms with van der Waals surface area (Å²) in [5.41, 5.74) is 5.85. The number of nitrogens with two attached hydrogens (primary N) is 1. The number of nitrogens with one attached hydrogen (secondary N) is 1. The van der Waals surface area contributed by atoms with Crippen LogP contribution in [0.2, 0.25) is 0 Å². The zero-order chi connectivity index (χ0) is 11.4. The molecule has 2 aliphatic rings. The quantitative estimate of drug-likeness (QED) is 0.733. The summed E-state index contributed by atoms with van der Waals surface area (Å²) in [6, 6.07) is 0.360. The molecule has 0 aromatic rings. The van der Waals surface area contributed by atoms with Crippen molar-refractivity contribution in [3.63, 3.8) is 0 Å². The highest BCUT2D eigenvalue weighted by atomic mass is 16.5. The summed E-state index contributed by atoms with van der Waals surface area (Å²) in [5.74, 6) is 0.811. The number of hydrogen-bond acceptors (Lipinski definition) is 4. The van der Waals surface area contributed by atoms with Gasteiger partial charge in [0.2, 0.25) is 0 Å². The Morgan fingerprint density at radius 3 is 2.69 bits per heavy atom. The lowest BCUT2D eigenvalue weighted by atomic mass is 9.83. The monoisotopic (exact) mass is 226 g/mol. The average molecular weight is 226 g/mol. The molecule has 0 aromatic carbocycles. The Morgan fingerprint density at radius 2 is 2.06 bits per heavy atom. The van der Waals surface area contributed by atoms with E-state index >= 15 is 0 Å². The van der Waals surface area contributed by atoms with Crippen molar-refractivity contribution in [1.82, 2.24) is 5.32 Å². The molecule has 4 heteroatoms. The van der Waals surface area contributed by atoms with E-state index in [9.17, 15) is 4.79 Å². The fraction of sp³-hybridized carbons (Fsp3) is 0.917. The lowest BCUT2D eigenvalue weighted by Gasteiger charge is -2.28. The van der Waals surface area contributed by atoms with Crippen LogP contribution in [-0.2, 0) is 9.53 Å². The Hall–Kier alpha value is -0.450. The van der Waals surface area contributed by atoms with Gasteiger partial charge < -0.3 is 15.8 Å². The van der Waals surface area contributed by atoms with Crippen LogP contribution in [0.5, 0.6) is 0 Å². The van der Waals surface area contributed by atoms with Crippen molar-refractivity contribution in [2.24, 2.45) is 11.7 Å². The van der Waals surface area contributed by atoms with Crippen molar-refractivity contribution < 1.29 is 9.53 Å². The first-order chi connectivity index (χ1) is 7.75. The first-order valence-electron chi connectivity index (χ1n) is 6.36. The Balaban J connectivity index is 1.73. The van der Waals surface area contributed by atoms with E-state index in [4.69, 9.17) is 10.5 Å². The van der Waals surface area contributed by atoms with Gasteiger partial charge in [-0.2, -0.15) is 0 Å². The number of carbonyl (C=O) groups excluding carboxylic acids is 1. The molecule has 1 heterocycles. The molecule has 1 saturated carbocycles. The van der Waals surface area contributed by atoms with Gasteiger partial charge in [-0.15, -0.1) is 0 Å². The SMILES string of the molecule is NC1CCC(CC(=O)C2CNCCO2)CC1. The van der Waals surface area contributed by atoms with E-state index in [0.29, 0.717) is 31.5 Å². The van der Waals surface area contributed by atoms with Crippen LogP contribution in [0.3, 0.4) is 0 Å². The van der Waals surface area contributed by atoms with Gasteiger partial charge in [-0.25, -0.2) is 0 Å². The highest BCUT2D eigenvalue weighted by molar-refractivity contribution is 5.83. The van der Waals surface area contributed by atoms with Crippen molar-refractivity contribution in [2.45, 2.75) is 44.2 Å². The van der Waals surface area contributed by atoms with Gasteiger partial charge >= 0.3 is 0 Å². The minimum Gasteiger partial charge on any atom is -0.368 e. The summed E-state index contributed by atoms with van der Waals surface area (Å²) < 4.78 is 5.47. The highest BCUT2D eigenvalue weighted by Gasteiger charge is 2.26. The molecule has 1 aliphatic heterocycles. The van der Waals surface area contributed by atoms with Gasteiger partial charge in [0, 0.05) is 25.6 Å². The predicted molar refractivity (Wildman–Crippen MR) is 62.2 cm³/mol. The van der Waals surface area contributed by atoms with Gasteiger partial charge in [0.15, 0.2) is 5.78 Å². The first kappa shape index (κ1) is 12.0. The second kappa shape index (κ2) is 5.75. The van der Waals surface area contributed by atoms with E-state index in [1.54, 1.807) is 0 Å².